The van der Waals surface area contributed by atoms with Gasteiger partial charge < -0.3 is 0 Å². The van der Waals surface area contributed by atoms with Crippen LogP contribution >= 0.6 is 0 Å². The summed E-state index contributed by atoms with van der Waals surface area (Å²) < 4.78 is 29.0. The highest BCUT2D eigenvalue weighted by Gasteiger charge is 2.54. The number of nitrogens with one attached hydrogen (secondary N) is 1. The van der Waals surface area contributed by atoms with Crippen LogP contribution in [0.2, 0.25) is 0 Å². The lowest BCUT2D eigenvalue weighted by atomic mass is 9.78. The molecule has 1 spiro atoms. The molecule has 3 aromatic carbocycles. The maximum Gasteiger partial charge on any atom is 0.242 e. The Morgan fingerprint density at radius 3 is 2.15 bits per heavy atom. The zero-order valence-corrected chi connectivity index (χ0v) is 15.0. The van der Waals surface area contributed by atoms with Gasteiger partial charge >= 0.3 is 0 Å². The lowest BCUT2D eigenvalue weighted by Gasteiger charge is -2.30. The molecular weight excluding hydrogens is 342 g/mol. The van der Waals surface area contributed by atoms with Crippen molar-refractivity contribution in [3.05, 3.63) is 101 Å². The predicted octanol–water partition coefficient (Wildman–Crippen LogP) is 4.17. The van der Waals surface area contributed by atoms with Crippen molar-refractivity contribution in [2.45, 2.75) is 17.4 Å². The summed E-state index contributed by atoms with van der Waals surface area (Å²) in [7, 11) is -3.59. The second-order valence-corrected chi connectivity index (χ2v) is 8.41. The van der Waals surface area contributed by atoms with Crippen molar-refractivity contribution in [1.82, 2.24) is 4.72 Å². The van der Waals surface area contributed by atoms with Gasteiger partial charge in [-0.25, -0.2) is 8.42 Å². The average molecular weight is 359 g/mol. The standard InChI is InChI=1S/C22H17NO2S/c1-15-17-11-5-6-12-18(17)22(21(15)16-9-3-2-4-10-16)19-13-7-8-14-20(19)26(24,25)23-22/h2-14,23H,1H3/t22-/m0/s1. The topological polar surface area (TPSA) is 46.2 Å². The molecule has 1 N–H and O–H groups in total. The van der Waals surface area contributed by atoms with Crippen LogP contribution in [0.4, 0.5) is 0 Å². The first-order valence-corrected chi connectivity index (χ1v) is 10.0. The van der Waals surface area contributed by atoms with Crippen LogP contribution in [0.3, 0.4) is 0 Å². The zero-order chi connectivity index (χ0) is 17.9. The molecule has 0 saturated carbocycles. The van der Waals surface area contributed by atoms with Gasteiger partial charge in [0.25, 0.3) is 0 Å². The van der Waals surface area contributed by atoms with Crippen molar-refractivity contribution in [3.8, 4) is 0 Å². The summed E-state index contributed by atoms with van der Waals surface area (Å²) in [6, 6.07) is 25.4. The second kappa shape index (κ2) is 5.16. The summed E-state index contributed by atoms with van der Waals surface area (Å²) in [6.45, 7) is 2.07. The molecule has 3 aromatic rings. The van der Waals surface area contributed by atoms with E-state index in [1.54, 1.807) is 12.1 Å². The SMILES string of the molecule is CC1=C(c2ccccc2)[C@]2(NS(=O)(=O)c3ccccc32)c2ccccc21. The van der Waals surface area contributed by atoms with Crippen LogP contribution in [-0.4, -0.2) is 8.42 Å². The molecule has 0 bridgehead atoms. The van der Waals surface area contributed by atoms with E-state index in [9.17, 15) is 8.42 Å². The average Bonchev–Trinajstić information content (AvgIpc) is 3.05. The fraction of sp³-hybridized carbons (Fsp3) is 0.0909. The van der Waals surface area contributed by atoms with E-state index in [4.69, 9.17) is 0 Å². The van der Waals surface area contributed by atoms with Crippen molar-refractivity contribution < 1.29 is 8.42 Å². The Morgan fingerprint density at radius 2 is 1.38 bits per heavy atom. The number of benzene rings is 3. The third kappa shape index (κ3) is 1.83. The molecule has 0 saturated heterocycles. The summed E-state index contributed by atoms with van der Waals surface area (Å²) in [4.78, 5) is 0.359. The Morgan fingerprint density at radius 1 is 0.769 bits per heavy atom. The molecule has 2 aliphatic rings. The van der Waals surface area contributed by atoms with Crippen molar-refractivity contribution in [1.29, 1.82) is 0 Å². The van der Waals surface area contributed by atoms with Crippen molar-refractivity contribution >= 4 is 21.2 Å². The number of fused-ring (bicyclic) bond motifs is 4. The van der Waals surface area contributed by atoms with Crippen molar-refractivity contribution in [2.24, 2.45) is 0 Å². The Kier molecular flexibility index (Phi) is 3.09. The van der Waals surface area contributed by atoms with Gasteiger partial charge in [0, 0.05) is 5.56 Å². The van der Waals surface area contributed by atoms with Gasteiger partial charge in [0.1, 0.15) is 5.54 Å². The molecule has 128 valence electrons. The highest BCUT2D eigenvalue weighted by molar-refractivity contribution is 7.90. The molecule has 1 aliphatic heterocycles. The molecule has 5 rings (SSSR count). The Hall–Kier alpha value is -2.69. The fourth-order valence-corrected chi connectivity index (χ4v) is 6.04. The number of sulfonamides is 1. The smallest absolute Gasteiger partial charge is 0.207 e. The molecule has 26 heavy (non-hydrogen) atoms. The maximum atomic E-state index is 13.0. The molecule has 0 aromatic heterocycles. The molecular formula is C22H17NO2S. The van der Waals surface area contributed by atoms with E-state index in [0.29, 0.717) is 4.90 Å². The van der Waals surface area contributed by atoms with E-state index < -0.39 is 15.6 Å². The first-order valence-electron chi connectivity index (χ1n) is 8.56. The molecule has 0 amide bonds. The van der Waals surface area contributed by atoms with Crippen LogP contribution in [0, 0.1) is 0 Å². The molecule has 1 heterocycles. The minimum atomic E-state index is -3.59. The third-order valence-corrected chi connectivity index (χ3v) is 6.93. The van der Waals surface area contributed by atoms with Gasteiger partial charge in [-0.2, -0.15) is 4.72 Å². The van der Waals surface area contributed by atoms with Gasteiger partial charge in [-0.1, -0.05) is 72.8 Å². The molecule has 0 unspecified atom stereocenters. The van der Waals surface area contributed by atoms with Gasteiger partial charge in [-0.05, 0) is 40.8 Å². The first kappa shape index (κ1) is 15.6. The minimum absolute atomic E-state index is 0.359. The van der Waals surface area contributed by atoms with Crippen LogP contribution in [0.25, 0.3) is 11.1 Å². The quantitative estimate of drug-likeness (QED) is 0.709. The number of allylic oxidation sites excluding steroid dienone is 1. The van der Waals surface area contributed by atoms with E-state index in [1.165, 1.54) is 0 Å². The zero-order valence-electron chi connectivity index (χ0n) is 14.2. The Labute approximate surface area is 153 Å². The van der Waals surface area contributed by atoms with Gasteiger partial charge in [0.2, 0.25) is 10.0 Å². The van der Waals surface area contributed by atoms with E-state index in [0.717, 1.165) is 33.4 Å². The third-order valence-electron chi connectivity index (χ3n) is 5.42. The summed E-state index contributed by atoms with van der Waals surface area (Å²) in [5.74, 6) is 0. The van der Waals surface area contributed by atoms with Gasteiger partial charge in [-0.3, -0.25) is 0 Å². The van der Waals surface area contributed by atoms with E-state index >= 15 is 0 Å². The molecule has 4 heteroatoms. The van der Waals surface area contributed by atoms with Crippen LogP contribution < -0.4 is 4.72 Å². The minimum Gasteiger partial charge on any atom is -0.207 e. The van der Waals surface area contributed by atoms with E-state index in [2.05, 4.69) is 17.7 Å². The largest absolute Gasteiger partial charge is 0.242 e. The predicted molar refractivity (Wildman–Crippen MR) is 103 cm³/mol. The van der Waals surface area contributed by atoms with E-state index in [-0.39, 0.29) is 0 Å². The van der Waals surface area contributed by atoms with Gasteiger partial charge in [-0.15, -0.1) is 0 Å². The molecule has 3 nitrogen and oxygen atoms in total. The summed E-state index contributed by atoms with van der Waals surface area (Å²) in [5.41, 5.74) is 5.13. The Bertz CT molecular complexity index is 1180. The fourth-order valence-electron chi connectivity index (χ4n) is 4.43. The summed E-state index contributed by atoms with van der Waals surface area (Å²) >= 11 is 0. The number of hydrogen-bond acceptors (Lipinski definition) is 2. The van der Waals surface area contributed by atoms with Crippen LogP contribution in [0.5, 0.6) is 0 Å². The normalized spacial score (nSPS) is 22.5. The molecule has 0 radical (unpaired) electrons. The van der Waals surface area contributed by atoms with Crippen LogP contribution in [-0.2, 0) is 15.6 Å². The molecule has 0 fully saturated rings. The van der Waals surface area contributed by atoms with Gasteiger partial charge in [0.05, 0.1) is 4.90 Å². The lowest BCUT2D eigenvalue weighted by molar-refractivity contribution is 0.569. The van der Waals surface area contributed by atoms with Crippen molar-refractivity contribution in [2.75, 3.05) is 0 Å². The summed E-state index contributed by atoms with van der Waals surface area (Å²) in [6.07, 6.45) is 0. The first-order chi connectivity index (χ1) is 12.6. The van der Waals surface area contributed by atoms with Gasteiger partial charge in [0.15, 0.2) is 0 Å². The van der Waals surface area contributed by atoms with Crippen LogP contribution in [0.15, 0.2) is 83.8 Å². The number of rotatable bonds is 1. The van der Waals surface area contributed by atoms with Crippen molar-refractivity contribution in [3.63, 3.8) is 0 Å². The Balaban J connectivity index is 1.94. The monoisotopic (exact) mass is 359 g/mol. The second-order valence-electron chi connectivity index (χ2n) is 6.76. The molecule has 1 aliphatic carbocycles. The van der Waals surface area contributed by atoms with Crippen LogP contribution in [0.1, 0.15) is 29.2 Å². The number of hydrogen-bond donors (Lipinski definition) is 1. The highest BCUT2D eigenvalue weighted by Crippen LogP contribution is 2.56. The maximum absolute atomic E-state index is 13.0. The summed E-state index contributed by atoms with van der Waals surface area (Å²) in [5, 5.41) is 0. The molecule has 1 atom stereocenters. The van der Waals surface area contributed by atoms with E-state index in [1.807, 2.05) is 60.7 Å². The highest BCUT2D eigenvalue weighted by atomic mass is 32.2. The lowest BCUT2D eigenvalue weighted by Crippen LogP contribution is -2.40.